The number of rotatable bonds is 8. The number of methoxy groups -OCH3 is 2. The fourth-order valence-electron chi connectivity index (χ4n) is 3.74. The summed E-state index contributed by atoms with van der Waals surface area (Å²) in [5.41, 5.74) is 0.427. The lowest BCUT2D eigenvalue weighted by Gasteiger charge is -2.13. The van der Waals surface area contributed by atoms with E-state index in [-0.39, 0.29) is 18.0 Å². The van der Waals surface area contributed by atoms with E-state index >= 15 is 0 Å². The van der Waals surface area contributed by atoms with Crippen molar-refractivity contribution in [2.45, 2.75) is 33.4 Å². The SMILES string of the molecule is COc1cccc(-c2noc(Cn3c(=O)n(CCC(C)C)c(=O)c4ccccc43)n2)c1OC. The van der Waals surface area contributed by atoms with Crippen LogP contribution in [0.3, 0.4) is 0 Å². The van der Waals surface area contributed by atoms with Gasteiger partial charge in [-0.15, -0.1) is 0 Å². The van der Waals surface area contributed by atoms with Gasteiger partial charge in [0, 0.05) is 6.54 Å². The maximum Gasteiger partial charge on any atom is 0.331 e. The maximum absolute atomic E-state index is 13.3. The largest absolute Gasteiger partial charge is 0.493 e. The lowest BCUT2D eigenvalue weighted by Crippen LogP contribution is -2.40. The highest BCUT2D eigenvalue weighted by atomic mass is 16.5. The van der Waals surface area contributed by atoms with E-state index in [1.165, 1.54) is 16.2 Å². The van der Waals surface area contributed by atoms with E-state index in [1.807, 2.05) is 0 Å². The quantitative estimate of drug-likeness (QED) is 0.406. The molecule has 2 aromatic carbocycles. The molecule has 0 radical (unpaired) electrons. The number of nitrogens with zero attached hydrogens (tertiary/aromatic N) is 4. The molecule has 9 nitrogen and oxygen atoms in total. The van der Waals surface area contributed by atoms with Crippen LogP contribution >= 0.6 is 0 Å². The summed E-state index contributed by atoms with van der Waals surface area (Å²) < 4.78 is 19.0. The molecule has 2 heterocycles. The zero-order chi connectivity index (χ0) is 23.5. The highest BCUT2D eigenvalue weighted by molar-refractivity contribution is 5.78. The van der Waals surface area contributed by atoms with E-state index in [2.05, 4.69) is 24.0 Å². The van der Waals surface area contributed by atoms with Crippen molar-refractivity contribution in [1.29, 1.82) is 0 Å². The smallest absolute Gasteiger partial charge is 0.331 e. The molecule has 0 atom stereocenters. The summed E-state index contributed by atoms with van der Waals surface area (Å²) in [7, 11) is 3.09. The van der Waals surface area contributed by atoms with Crippen LogP contribution in [0.5, 0.6) is 11.5 Å². The van der Waals surface area contributed by atoms with Gasteiger partial charge in [0.05, 0.1) is 30.7 Å². The van der Waals surface area contributed by atoms with Crippen LogP contribution < -0.4 is 20.7 Å². The molecule has 2 aromatic heterocycles. The van der Waals surface area contributed by atoms with Crippen LogP contribution in [-0.2, 0) is 13.1 Å². The molecular weight excluding hydrogens is 424 g/mol. The van der Waals surface area contributed by atoms with Gasteiger partial charge in [0.1, 0.15) is 6.54 Å². The molecule has 0 unspecified atom stereocenters. The number of ether oxygens (including phenoxy) is 2. The average molecular weight is 450 g/mol. The first kappa shape index (κ1) is 22.3. The molecule has 0 fully saturated rings. The van der Waals surface area contributed by atoms with Gasteiger partial charge in [-0.05, 0) is 36.6 Å². The van der Waals surface area contributed by atoms with E-state index < -0.39 is 5.69 Å². The summed E-state index contributed by atoms with van der Waals surface area (Å²) in [6, 6.07) is 12.4. The molecule has 0 aliphatic heterocycles. The minimum Gasteiger partial charge on any atom is -0.493 e. The van der Waals surface area contributed by atoms with E-state index in [1.54, 1.807) is 49.6 Å². The fourth-order valence-corrected chi connectivity index (χ4v) is 3.74. The molecule has 0 N–H and O–H groups in total. The number of hydrogen-bond acceptors (Lipinski definition) is 7. The molecule has 33 heavy (non-hydrogen) atoms. The molecule has 0 amide bonds. The van der Waals surface area contributed by atoms with Crippen LogP contribution in [0.25, 0.3) is 22.3 Å². The normalized spacial score (nSPS) is 11.3. The maximum atomic E-state index is 13.3. The molecule has 0 bridgehead atoms. The minimum absolute atomic E-state index is 0.0284. The van der Waals surface area contributed by atoms with Gasteiger partial charge in [-0.25, -0.2) is 4.79 Å². The van der Waals surface area contributed by atoms with Crippen molar-refractivity contribution in [2.75, 3.05) is 14.2 Å². The van der Waals surface area contributed by atoms with Gasteiger partial charge in [0.25, 0.3) is 5.56 Å². The minimum atomic E-state index is -0.405. The Morgan fingerprint density at radius 2 is 1.79 bits per heavy atom. The molecule has 0 saturated carbocycles. The van der Waals surface area contributed by atoms with Crippen molar-refractivity contribution in [2.24, 2.45) is 5.92 Å². The summed E-state index contributed by atoms with van der Waals surface area (Å²) in [6.07, 6.45) is 0.716. The number of fused-ring (bicyclic) bond motifs is 1. The second kappa shape index (κ2) is 9.32. The Morgan fingerprint density at radius 1 is 1.00 bits per heavy atom. The lowest BCUT2D eigenvalue weighted by molar-refractivity contribution is 0.354. The van der Waals surface area contributed by atoms with Gasteiger partial charge in [-0.2, -0.15) is 4.98 Å². The van der Waals surface area contributed by atoms with Gasteiger partial charge in [-0.1, -0.05) is 37.2 Å². The zero-order valence-corrected chi connectivity index (χ0v) is 19.1. The topological polar surface area (TPSA) is 101 Å². The van der Waals surface area contributed by atoms with Crippen molar-refractivity contribution in [3.8, 4) is 22.9 Å². The Labute approximate surface area is 190 Å². The van der Waals surface area contributed by atoms with Gasteiger partial charge >= 0.3 is 5.69 Å². The zero-order valence-electron chi connectivity index (χ0n) is 19.1. The molecule has 4 rings (SSSR count). The third kappa shape index (κ3) is 4.26. The van der Waals surface area contributed by atoms with E-state index in [0.717, 1.165) is 0 Å². The molecule has 9 heteroatoms. The molecule has 172 valence electrons. The van der Waals surface area contributed by atoms with Crippen LogP contribution in [-0.4, -0.2) is 33.5 Å². The molecule has 0 saturated heterocycles. The Hall–Kier alpha value is -3.88. The van der Waals surface area contributed by atoms with E-state index in [4.69, 9.17) is 14.0 Å². The Bertz CT molecular complexity index is 1400. The van der Waals surface area contributed by atoms with Crippen molar-refractivity contribution in [3.63, 3.8) is 0 Å². The van der Waals surface area contributed by atoms with Crippen molar-refractivity contribution in [3.05, 3.63) is 69.2 Å². The molecule has 0 spiro atoms. The Morgan fingerprint density at radius 3 is 2.52 bits per heavy atom. The highest BCUT2D eigenvalue weighted by Crippen LogP contribution is 2.36. The molecule has 0 aliphatic rings. The van der Waals surface area contributed by atoms with Crippen LogP contribution in [0.1, 0.15) is 26.2 Å². The monoisotopic (exact) mass is 450 g/mol. The predicted molar refractivity (Wildman–Crippen MR) is 124 cm³/mol. The van der Waals surface area contributed by atoms with Gasteiger partial charge in [-0.3, -0.25) is 13.9 Å². The third-order valence-electron chi connectivity index (χ3n) is 5.47. The fraction of sp³-hybridized carbons (Fsp3) is 0.333. The summed E-state index contributed by atoms with van der Waals surface area (Å²) in [5.74, 6) is 1.92. The van der Waals surface area contributed by atoms with E-state index in [0.29, 0.717) is 52.7 Å². The summed E-state index contributed by atoms with van der Waals surface area (Å²) in [5, 5.41) is 4.54. The second-order valence-corrected chi connectivity index (χ2v) is 8.08. The van der Waals surface area contributed by atoms with Gasteiger partial charge in [0.15, 0.2) is 11.5 Å². The number of benzene rings is 2. The number of para-hydroxylation sites is 2. The highest BCUT2D eigenvalue weighted by Gasteiger charge is 2.19. The third-order valence-corrected chi connectivity index (χ3v) is 5.47. The molecule has 0 aliphatic carbocycles. The first-order valence-corrected chi connectivity index (χ1v) is 10.7. The second-order valence-electron chi connectivity index (χ2n) is 8.08. The first-order valence-electron chi connectivity index (χ1n) is 10.7. The van der Waals surface area contributed by atoms with Crippen LogP contribution in [0.15, 0.2) is 56.6 Å². The first-order chi connectivity index (χ1) is 15.9. The Kier molecular flexibility index (Phi) is 6.30. The lowest BCUT2D eigenvalue weighted by atomic mass is 10.1. The van der Waals surface area contributed by atoms with E-state index in [9.17, 15) is 9.59 Å². The van der Waals surface area contributed by atoms with Crippen LogP contribution in [0, 0.1) is 5.92 Å². The summed E-state index contributed by atoms with van der Waals surface area (Å²) >= 11 is 0. The molecular formula is C24H26N4O5. The van der Waals surface area contributed by atoms with Gasteiger partial charge in [0.2, 0.25) is 11.7 Å². The number of aromatic nitrogens is 4. The predicted octanol–water partition coefficient (Wildman–Crippen LogP) is 3.32. The van der Waals surface area contributed by atoms with Crippen LogP contribution in [0.4, 0.5) is 0 Å². The summed E-state index contributed by atoms with van der Waals surface area (Å²) in [6.45, 7) is 4.48. The van der Waals surface area contributed by atoms with Crippen LogP contribution in [0.2, 0.25) is 0 Å². The average Bonchev–Trinajstić information content (AvgIpc) is 3.29. The summed E-state index contributed by atoms with van der Waals surface area (Å²) in [4.78, 5) is 30.7. The van der Waals surface area contributed by atoms with Crippen molar-refractivity contribution < 1.29 is 14.0 Å². The van der Waals surface area contributed by atoms with Crippen molar-refractivity contribution in [1.82, 2.24) is 19.3 Å². The Balaban J connectivity index is 1.78. The molecule has 4 aromatic rings. The number of hydrogen-bond donors (Lipinski definition) is 0. The standard InChI is InChI=1S/C24H26N4O5/c1-15(2)12-13-27-23(29)16-8-5-6-10-18(16)28(24(27)30)14-20-25-22(26-33-20)17-9-7-11-19(31-3)21(17)32-4/h5-11,15H,12-14H2,1-4H3. The van der Waals surface area contributed by atoms with Gasteiger partial charge < -0.3 is 14.0 Å². The van der Waals surface area contributed by atoms with Crippen molar-refractivity contribution >= 4 is 10.9 Å².